The van der Waals surface area contributed by atoms with Gasteiger partial charge in [-0.25, -0.2) is 0 Å². The maximum Gasteiger partial charge on any atom is 0.251 e. The Morgan fingerprint density at radius 1 is 1.47 bits per heavy atom. The molecule has 6 nitrogen and oxygen atoms in total. The first-order chi connectivity index (χ1) is 8.98. The standard InChI is InChI=1S/C13H19N3O3/c1-13(4-6-19-7-5-13)15-11(17)9-16-8-10(14)2-3-12(16)18/h2-3,8H,4-7,9,14H2,1H3,(H,15,17). The minimum Gasteiger partial charge on any atom is -0.398 e. The van der Waals surface area contributed by atoms with E-state index >= 15 is 0 Å². The van der Waals surface area contributed by atoms with E-state index in [1.54, 1.807) is 0 Å². The summed E-state index contributed by atoms with van der Waals surface area (Å²) in [6.45, 7) is 3.28. The highest BCUT2D eigenvalue weighted by Crippen LogP contribution is 2.19. The molecule has 0 radical (unpaired) electrons. The van der Waals surface area contributed by atoms with Gasteiger partial charge in [-0.15, -0.1) is 0 Å². The predicted octanol–water partition coefficient (Wildman–Crippen LogP) is 0.116. The summed E-state index contributed by atoms with van der Waals surface area (Å²) < 4.78 is 6.59. The fraction of sp³-hybridized carbons (Fsp3) is 0.538. The van der Waals surface area contributed by atoms with Crippen LogP contribution >= 0.6 is 0 Å². The van der Waals surface area contributed by atoms with E-state index < -0.39 is 0 Å². The number of rotatable bonds is 3. The van der Waals surface area contributed by atoms with E-state index in [0.717, 1.165) is 12.8 Å². The van der Waals surface area contributed by atoms with E-state index in [0.29, 0.717) is 18.9 Å². The van der Waals surface area contributed by atoms with Crippen molar-refractivity contribution in [1.29, 1.82) is 0 Å². The molecule has 1 aliphatic heterocycles. The molecule has 1 amide bonds. The molecule has 104 valence electrons. The molecule has 1 aromatic heterocycles. The number of pyridine rings is 1. The first-order valence-corrected chi connectivity index (χ1v) is 6.33. The molecule has 19 heavy (non-hydrogen) atoms. The summed E-state index contributed by atoms with van der Waals surface area (Å²) in [5.41, 5.74) is 5.58. The molecular formula is C13H19N3O3. The molecule has 6 heteroatoms. The van der Waals surface area contributed by atoms with Crippen molar-refractivity contribution in [2.24, 2.45) is 0 Å². The molecular weight excluding hydrogens is 246 g/mol. The van der Waals surface area contributed by atoms with Crippen LogP contribution in [-0.2, 0) is 16.1 Å². The second-order valence-corrected chi connectivity index (χ2v) is 5.15. The number of nitrogens with zero attached hydrogens (tertiary/aromatic N) is 1. The molecule has 0 spiro atoms. The first-order valence-electron chi connectivity index (χ1n) is 6.33. The second kappa shape index (κ2) is 5.44. The molecule has 1 aromatic rings. The van der Waals surface area contributed by atoms with E-state index in [-0.39, 0.29) is 23.6 Å². The van der Waals surface area contributed by atoms with Gasteiger partial charge in [-0.2, -0.15) is 0 Å². The molecule has 0 unspecified atom stereocenters. The van der Waals surface area contributed by atoms with E-state index in [4.69, 9.17) is 10.5 Å². The van der Waals surface area contributed by atoms with Gasteiger partial charge in [0.05, 0.1) is 0 Å². The number of nitrogens with one attached hydrogen (secondary N) is 1. The van der Waals surface area contributed by atoms with Gasteiger partial charge in [0.2, 0.25) is 5.91 Å². The lowest BCUT2D eigenvalue weighted by atomic mass is 9.92. The number of hydrogen-bond donors (Lipinski definition) is 2. The smallest absolute Gasteiger partial charge is 0.251 e. The number of nitrogen functional groups attached to an aromatic ring is 1. The van der Waals surface area contributed by atoms with Gasteiger partial charge in [0.25, 0.3) is 5.56 Å². The normalized spacial score (nSPS) is 17.9. The van der Waals surface area contributed by atoms with Gasteiger partial charge in [0, 0.05) is 36.7 Å². The predicted molar refractivity (Wildman–Crippen MR) is 71.7 cm³/mol. The zero-order valence-corrected chi connectivity index (χ0v) is 11.0. The van der Waals surface area contributed by atoms with E-state index in [1.807, 2.05) is 6.92 Å². The molecule has 1 saturated heterocycles. The number of carbonyl (C=O) groups is 1. The Hall–Kier alpha value is -1.82. The van der Waals surface area contributed by atoms with Crippen LogP contribution in [0.5, 0.6) is 0 Å². The van der Waals surface area contributed by atoms with Crippen molar-refractivity contribution in [3.63, 3.8) is 0 Å². The number of aromatic nitrogens is 1. The maximum atomic E-state index is 12.0. The number of nitrogens with two attached hydrogens (primary N) is 1. The fourth-order valence-corrected chi connectivity index (χ4v) is 2.15. The van der Waals surface area contributed by atoms with Gasteiger partial charge < -0.3 is 20.4 Å². The van der Waals surface area contributed by atoms with E-state index in [2.05, 4.69) is 5.32 Å². The summed E-state index contributed by atoms with van der Waals surface area (Å²) in [5, 5.41) is 2.97. The summed E-state index contributed by atoms with van der Waals surface area (Å²) in [7, 11) is 0. The highest BCUT2D eigenvalue weighted by atomic mass is 16.5. The highest BCUT2D eigenvalue weighted by Gasteiger charge is 2.28. The Kier molecular flexibility index (Phi) is 3.90. The average molecular weight is 265 g/mol. The van der Waals surface area contributed by atoms with Crippen LogP contribution in [0.15, 0.2) is 23.1 Å². The summed E-state index contributed by atoms with van der Waals surface area (Å²) in [4.78, 5) is 23.6. The third-order valence-electron chi connectivity index (χ3n) is 3.36. The van der Waals surface area contributed by atoms with E-state index in [9.17, 15) is 9.59 Å². The monoisotopic (exact) mass is 265 g/mol. The van der Waals surface area contributed by atoms with Gasteiger partial charge in [-0.05, 0) is 25.8 Å². The quantitative estimate of drug-likeness (QED) is 0.812. The molecule has 0 aromatic carbocycles. The zero-order valence-electron chi connectivity index (χ0n) is 11.0. The third-order valence-corrected chi connectivity index (χ3v) is 3.36. The van der Waals surface area contributed by atoms with Gasteiger partial charge in [-0.3, -0.25) is 9.59 Å². The number of amides is 1. The van der Waals surface area contributed by atoms with Crippen molar-refractivity contribution in [3.05, 3.63) is 28.7 Å². The summed E-state index contributed by atoms with van der Waals surface area (Å²) in [6, 6.07) is 2.88. The fourth-order valence-electron chi connectivity index (χ4n) is 2.15. The van der Waals surface area contributed by atoms with Gasteiger partial charge >= 0.3 is 0 Å². The van der Waals surface area contributed by atoms with Crippen LogP contribution in [0.4, 0.5) is 5.69 Å². The topological polar surface area (TPSA) is 86.4 Å². The van der Waals surface area contributed by atoms with Crippen LogP contribution in [0.25, 0.3) is 0 Å². The van der Waals surface area contributed by atoms with Crippen molar-refractivity contribution in [2.45, 2.75) is 31.8 Å². The molecule has 2 rings (SSSR count). The average Bonchev–Trinajstić information content (AvgIpc) is 2.34. The van der Waals surface area contributed by atoms with Gasteiger partial charge in [-0.1, -0.05) is 0 Å². The Bertz CT molecular complexity index is 518. The molecule has 3 N–H and O–H groups in total. The van der Waals surface area contributed by atoms with E-state index in [1.165, 1.54) is 22.9 Å². The number of carbonyl (C=O) groups excluding carboxylic acids is 1. The lowest BCUT2D eigenvalue weighted by molar-refractivity contribution is -0.124. The van der Waals surface area contributed by atoms with Gasteiger partial charge in [0.15, 0.2) is 0 Å². The minimum atomic E-state index is -0.251. The second-order valence-electron chi connectivity index (χ2n) is 5.15. The third kappa shape index (κ3) is 3.57. The van der Waals surface area contributed by atoms with Crippen molar-refractivity contribution in [3.8, 4) is 0 Å². The van der Waals surface area contributed by atoms with Crippen LogP contribution in [-0.4, -0.2) is 29.2 Å². The molecule has 0 atom stereocenters. The van der Waals surface area contributed by atoms with Crippen molar-refractivity contribution < 1.29 is 9.53 Å². The largest absolute Gasteiger partial charge is 0.398 e. The molecule has 0 saturated carbocycles. The molecule has 0 bridgehead atoms. The SMILES string of the molecule is CC1(NC(=O)Cn2cc(N)ccc2=O)CCOCC1. The van der Waals surface area contributed by atoms with Gasteiger partial charge in [0.1, 0.15) is 6.54 Å². The molecule has 2 heterocycles. The lowest BCUT2D eigenvalue weighted by Gasteiger charge is -2.34. The summed E-state index contributed by atoms with van der Waals surface area (Å²) in [6.07, 6.45) is 3.05. The summed E-state index contributed by atoms with van der Waals surface area (Å²) in [5.74, 6) is -0.183. The number of anilines is 1. The Labute approximate surface area is 111 Å². The maximum absolute atomic E-state index is 12.0. The molecule has 1 aliphatic rings. The lowest BCUT2D eigenvalue weighted by Crippen LogP contribution is -2.50. The Morgan fingerprint density at radius 2 is 2.16 bits per heavy atom. The van der Waals surface area contributed by atoms with Crippen LogP contribution in [0.2, 0.25) is 0 Å². The molecule has 0 aliphatic carbocycles. The van der Waals surface area contributed by atoms with Crippen molar-refractivity contribution >= 4 is 11.6 Å². The molecule has 1 fully saturated rings. The van der Waals surface area contributed by atoms with Crippen LogP contribution in [0.3, 0.4) is 0 Å². The number of ether oxygens (including phenoxy) is 1. The van der Waals surface area contributed by atoms with Crippen molar-refractivity contribution in [1.82, 2.24) is 9.88 Å². The number of hydrogen-bond acceptors (Lipinski definition) is 4. The zero-order chi connectivity index (χ0) is 13.9. The van der Waals surface area contributed by atoms with Crippen molar-refractivity contribution in [2.75, 3.05) is 18.9 Å². The van der Waals surface area contributed by atoms with Crippen LogP contribution in [0, 0.1) is 0 Å². The minimum absolute atomic E-state index is 0.0136. The van der Waals surface area contributed by atoms with Crippen LogP contribution < -0.4 is 16.6 Å². The Morgan fingerprint density at radius 3 is 2.84 bits per heavy atom. The van der Waals surface area contributed by atoms with Crippen LogP contribution in [0.1, 0.15) is 19.8 Å². The Balaban J connectivity index is 2.01. The summed E-state index contributed by atoms with van der Waals surface area (Å²) >= 11 is 0. The highest BCUT2D eigenvalue weighted by molar-refractivity contribution is 5.76. The first kappa shape index (κ1) is 13.6.